The molecular formula is C12H13F3OS. The van der Waals surface area contributed by atoms with Crippen molar-refractivity contribution in [3.05, 3.63) is 35.4 Å². The van der Waals surface area contributed by atoms with E-state index in [0.717, 1.165) is 12.1 Å². The summed E-state index contributed by atoms with van der Waals surface area (Å²) in [6.07, 6.45) is -1.99. The third-order valence-corrected chi connectivity index (χ3v) is 2.85. The van der Waals surface area contributed by atoms with Crippen LogP contribution >= 0.6 is 11.8 Å². The van der Waals surface area contributed by atoms with E-state index in [2.05, 4.69) is 0 Å². The number of carbonyl (C=O) groups is 1. The molecular weight excluding hydrogens is 249 g/mol. The van der Waals surface area contributed by atoms with Crippen molar-refractivity contribution in [1.29, 1.82) is 0 Å². The molecule has 0 atom stereocenters. The number of halogens is 3. The van der Waals surface area contributed by atoms with Crippen LogP contribution < -0.4 is 0 Å². The number of hydrogen-bond acceptors (Lipinski definition) is 2. The summed E-state index contributed by atoms with van der Waals surface area (Å²) in [4.78, 5) is 11.4. The van der Waals surface area contributed by atoms with Crippen LogP contribution in [-0.4, -0.2) is 17.8 Å². The monoisotopic (exact) mass is 262 g/mol. The first-order valence-electron chi connectivity index (χ1n) is 5.10. The molecule has 5 heteroatoms. The fourth-order valence-electron chi connectivity index (χ4n) is 1.39. The molecule has 0 saturated heterocycles. The second-order valence-corrected chi connectivity index (χ2v) is 4.64. The van der Waals surface area contributed by atoms with E-state index in [1.807, 2.05) is 6.26 Å². The van der Waals surface area contributed by atoms with E-state index in [0.29, 0.717) is 17.7 Å². The third-order valence-electron chi connectivity index (χ3n) is 2.24. The van der Waals surface area contributed by atoms with Gasteiger partial charge in [0.15, 0.2) is 0 Å². The summed E-state index contributed by atoms with van der Waals surface area (Å²) < 4.78 is 37.3. The summed E-state index contributed by atoms with van der Waals surface area (Å²) in [5, 5.41) is 0. The molecule has 0 aliphatic rings. The Morgan fingerprint density at radius 2 is 2.06 bits per heavy atom. The minimum Gasteiger partial charge on any atom is -0.299 e. The van der Waals surface area contributed by atoms with Gasteiger partial charge in [0.05, 0.1) is 5.56 Å². The highest BCUT2D eigenvalue weighted by Gasteiger charge is 2.30. The molecule has 0 spiro atoms. The molecule has 0 unspecified atom stereocenters. The summed E-state index contributed by atoms with van der Waals surface area (Å²) >= 11 is 1.55. The molecule has 0 N–H and O–H groups in total. The van der Waals surface area contributed by atoms with Gasteiger partial charge in [-0.05, 0) is 23.6 Å². The largest absolute Gasteiger partial charge is 0.416 e. The standard InChI is InChI=1S/C12H13F3OS/c1-17-6-5-11(16)8-9-3-2-4-10(7-9)12(13,14)15/h2-4,7H,5-6,8H2,1H3. The molecule has 0 bridgehead atoms. The van der Waals surface area contributed by atoms with Gasteiger partial charge in [0.1, 0.15) is 5.78 Å². The second kappa shape index (κ2) is 6.10. The van der Waals surface area contributed by atoms with E-state index in [-0.39, 0.29) is 12.2 Å². The van der Waals surface area contributed by atoms with Crippen molar-refractivity contribution in [3.8, 4) is 0 Å². The van der Waals surface area contributed by atoms with Crippen molar-refractivity contribution in [2.45, 2.75) is 19.0 Å². The number of rotatable bonds is 5. The predicted molar refractivity (Wildman–Crippen MR) is 63.2 cm³/mol. The van der Waals surface area contributed by atoms with Gasteiger partial charge >= 0.3 is 6.18 Å². The van der Waals surface area contributed by atoms with Crippen LogP contribution in [0.25, 0.3) is 0 Å². The van der Waals surface area contributed by atoms with Gasteiger partial charge in [0, 0.05) is 12.8 Å². The maximum Gasteiger partial charge on any atom is 0.416 e. The van der Waals surface area contributed by atoms with E-state index in [1.54, 1.807) is 17.8 Å². The van der Waals surface area contributed by atoms with E-state index < -0.39 is 11.7 Å². The van der Waals surface area contributed by atoms with Crippen molar-refractivity contribution in [1.82, 2.24) is 0 Å². The second-order valence-electron chi connectivity index (χ2n) is 3.66. The van der Waals surface area contributed by atoms with Crippen molar-refractivity contribution in [3.63, 3.8) is 0 Å². The summed E-state index contributed by atoms with van der Waals surface area (Å²) in [6.45, 7) is 0. The minimum absolute atomic E-state index is 0.0290. The first-order valence-corrected chi connectivity index (χ1v) is 6.49. The molecule has 0 aliphatic heterocycles. The molecule has 0 aliphatic carbocycles. The highest BCUT2D eigenvalue weighted by atomic mass is 32.2. The molecule has 0 saturated carbocycles. The van der Waals surface area contributed by atoms with Gasteiger partial charge < -0.3 is 0 Å². The Morgan fingerprint density at radius 3 is 2.65 bits per heavy atom. The van der Waals surface area contributed by atoms with Crippen LogP contribution in [0.3, 0.4) is 0 Å². The number of benzene rings is 1. The van der Waals surface area contributed by atoms with Crippen LogP contribution in [-0.2, 0) is 17.4 Å². The lowest BCUT2D eigenvalue weighted by atomic mass is 10.0. The minimum atomic E-state index is -4.35. The Bertz CT molecular complexity index is 388. The third kappa shape index (κ3) is 4.81. The Balaban J connectivity index is 2.69. The number of alkyl halides is 3. The first kappa shape index (κ1) is 14.1. The van der Waals surface area contributed by atoms with Gasteiger partial charge in [-0.2, -0.15) is 24.9 Å². The smallest absolute Gasteiger partial charge is 0.299 e. The Morgan fingerprint density at radius 1 is 1.35 bits per heavy atom. The molecule has 1 aromatic rings. The summed E-state index contributed by atoms with van der Waals surface area (Å²) in [5.74, 6) is 0.677. The zero-order valence-corrected chi connectivity index (χ0v) is 10.2. The van der Waals surface area contributed by atoms with E-state index in [4.69, 9.17) is 0 Å². The Labute approximate surface area is 102 Å². The SMILES string of the molecule is CSCCC(=O)Cc1cccc(C(F)(F)F)c1. The van der Waals surface area contributed by atoms with Gasteiger partial charge in [0.2, 0.25) is 0 Å². The maximum atomic E-state index is 12.4. The topological polar surface area (TPSA) is 17.1 Å². The molecule has 94 valence electrons. The summed E-state index contributed by atoms with van der Waals surface area (Å²) in [6, 6.07) is 4.93. The molecule has 0 fully saturated rings. The first-order chi connectivity index (χ1) is 7.93. The molecule has 1 rings (SSSR count). The summed E-state index contributed by atoms with van der Waals surface area (Å²) in [7, 11) is 0. The van der Waals surface area contributed by atoms with Gasteiger partial charge in [0.25, 0.3) is 0 Å². The molecule has 0 heterocycles. The summed E-state index contributed by atoms with van der Waals surface area (Å²) in [5.41, 5.74) is -0.279. The van der Waals surface area contributed by atoms with Crippen LogP contribution in [0.15, 0.2) is 24.3 Å². The number of hydrogen-bond donors (Lipinski definition) is 0. The lowest BCUT2D eigenvalue weighted by Crippen LogP contribution is -2.08. The lowest BCUT2D eigenvalue weighted by molar-refractivity contribution is -0.137. The highest BCUT2D eigenvalue weighted by Crippen LogP contribution is 2.29. The van der Waals surface area contributed by atoms with Crippen LogP contribution in [0.1, 0.15) is 17.5 Å². The molecule has 17 heavy (non-hydrogen) atoms. The van der Waals surface area contributed by atoms with Crippen LogP contribution in [0.5, 0.6) is 0 Å². The normalized spacial score (nSPS) is 11.5. The maximum absolute atomic E-state index is 12.4. The average molecular weight is 262 g/mol. The van der Waals surface area contributed by atoms with Gasteiger partial charge in [-0.15, -0.1) is 0 Å². The molecule has 0 radical (unpaired) electrons. The van der Waals surface area contributed by atoms with Crippen molar-refractivity contribution in [2.24, 2.45) is 0 Å². The Hall–Kier alpha value is -0.970. The van der Waals surface area contributed by atoms with Crippen LogP contribution in [0, 0.1) is 0 Å². The highest BCUT2D eigenvalue weighted by molar-refractivity contribution is 7.98. The fraction of sp³-hybridized carbons (Fsp3) is 0.417. The number of thioether (sulfide) groups is 1. The van der Waals surface area contributed by atoms with Crippen LogP contribution in [0.4, 0.5) is 13.2 Å². The molecule has 0 aromatic heterocycles. The quantitative estimate of drug-likeness (QED) is 0.807. The average Bonchev–Trinajstić information content (AvgIpc) is 2.25. The van der Waals surface area contributed by atoms with E-state index in [1.165, 1.54) is 6.07 Å². The molecule has 0 amide bonds. The van der Waals surface area contributed by atoms with Crippen molar-refractivity contribution in [2.75, 3.05) is 12.0 Å². The number of Topliss-reactive ketones (excluding diaryl/α,β-unsaturated/α-hetero) is 1. The zero-order chi connectivity index (χ0) is 12.9. The van der Waals surface area contributed by atoms with Crippen molar-refractivity contribution >= 4 is 17.5 Å². The van der Waals surface area contributed by atoms with E-state index in [9.17, 15) is 18.0 Å². The number of ketones is 1. The molecule has 1 aromatic carbocycles. The predicted octanol–water partition coefficient (Wildman–Crippen LogP) is 3.57. The van der Waals surface area contributed by atoms with Gasteiger partial charge in [-0.25, -0.2) is 0 Å². The zero-order valence-electron chi connectivity index (χ0n) is 9.38. The Kier molecular flexibility index (Phi) is 5.05. The van der Waals surface area contributed by atoms with Crippen molar-refractivity contribution < 1.29 is 18.0 Å². The van der Waals surface area contributed by atoms with Gasteiger partial charge in [-0.3, -0.25) is 4.79 Å². The van der Waals surface area contributed by atoms with Gasteiger partial charge in [-0.1, -0.05) is 18.2 Å². The fourth-order valence-corrected chi connectivity index (χ4v) is 1.82. The number of carbonyl (C=O) groups excluding carboxylic acids is 1. The lowest BCUT2D eigenvalue weighted by Gasteiger charge is -2.08. The molecule has 1 nitrogen and oxygen atoms in total. The van der Waals surface area contributed by atoms with E-state index >= 15 is 0 Å². The van der Waals surface area contributed by atoms with Crippen LogP contribution in [0.2, 0.25) is 0 Å².